The maximum atomic E-state index is 13.2. The van der Waals surface area contributed by atoms with Crippen molar-refractivity contribution in [2.45, 2.75) is 6.92 Å². The Bertz CT molecular complexity index is 637. The van der Waals surface area contributed by atoms with Crippen LogP contribution in [0.3, 0.4) is 0 Å². The molecule has 2 aromatic carbocycles. The molecule has 0 aliphatic carbocycles. The molecule has 21 heavy (non-hydrogen) atoms. The summed E-state index contributed by atoms with van der Waals surface area (Å²) in [4.78, 5) is 2.04. The first-order valence-corrected chi connectivity index (χ1v) is 6.86. The summed E-state index contributed by atoms with van der Waals surface area (Å²) in [5.74, 6) is 0.429. The zero-order valence-electron chi connectivity index (χ0n) is 11.9. The van der Waals surface area contributed by atoms with E-state index in [2.05, 4.69) is 6.07 Å². The summed E-state index contributed by atoms with van der Waals surface area (Å²) >= 11 is 0. The van der Waals surface area contributed by atoms with E-state index in [1.807, 2.05) is 24.0 Å². The number of rotatable bonds is 6. The van der Waals surface area contributed by atoms with Crippen molar-refractivity contribution >= 4 is 5.69 Å². The number of hydrogen-bond donors (Lipinski definition) is 0. The van der Waals surface area contributed by atoms with Gasteiger partial charge >= 0.3 is 0 Å². The van der Waals surface area contributed by atoms with E-state index in [0.717, 1.165) is 12.2 Å². The van der Waals surface area contributed by atoms with Crippen molar-refractivity contribution in [1.29, 1.82) is 5.26 Å². The van der Waals surface area contributed by atoms with Gasteiger partial charge in [0.15, 0.2) is 0 Å². The van der Waals surface area contributed by atoms with E-state index in [4.69, 9.17) is 10.00 Å². The van der Waals surface area contributed by atoms with Gasteiger partial charge < -0.3 is 9.64 Å². The fraction of sp³-hybridized carbons (Fsp3) is 0.235. The molecule has 4 heteroatoms. The average Bonchev–Trinajstić information content (AvgIpc) is 2.52. The lowest BCUT2D eigenvalue weighted by Gasteiger charge is -2.23. The molecule has 3 nitrogen and oxygen atoms in total. The fourth-order valence-electron chi connectivity index (χ4n) is 2.07. The molecule has 0 bridgehead atoms. The zero-order chi connectivity index (χ0) is 15.1. The van der Waals surface area contributed by atoms with Crippen LogP contribution in [0.4, 0.5) is 10.1 Å². The van der Waals surface area contributed by atoms with E-state index in [0.29, 0.717) is 24.5 Å². The van der Waals surface area contributed by atoms with Crippen LogP contribution in [-0.2, 0) is 0 Å². The number of ether oxygens (including phenoxy) is 1. The van der Waals surface area contributed by atoms with Gasteiger partial charge in [0.2, 0.25) is 0 Å². The van der Waals surface area contributed by atoms with Gasteiger partial charge in [-0.1, -0.05) is 12.1 Å². The molecule has 0 saturated carbocycles. The molecule has 0 heterocycles. The van der Waals surface area contributed by atoms with Crippen molar-refractivity contribution in [3.63, 3.8) is 0 Å². The van der Waals surface area contributed by atoms with Gasteiger partial charge in [0, 0.05) is 12.2 Å². The van der Waals surface area contributed by atoms with Crippen LogP contribution in [0.5, 0.6) is 5.75 Å². The van der Waals surface area contributed by atoms with Gasteiger partial charge in [0.25, 0.3) is 0 Å². The van der Waals surface area contributed by atoms with Gasteiger partial charge in [-0.15, -0.1) is 0 Å². The van der Waals surface area contributed by atoms with Crippen molar-refractivity contribution in [3.05, 3.63) is 59.9 Å². The van der Waals surface area contributed by atoms with Crippen molar-refractivity contribution in [2.24, 2.45) is 0 Å². The number of nitriles is 1. The monoisotopic (exact) mass is 284 g/mol. The predicted molar refractivity (Wildman–Crippen MR) is 80.9 cm³/mol. The third kappa shape index (κ3) is 4.22. The second kappa shape index (κ2) is 7.30. The van der Waals surface area contributed by atoms with Crippen LogP contribution in [0, 0.1) is 17.1 Å². The minimum atomic E-state index is -0.242. The predicted octanol–water partition coefficient (Wildman–Crippen LogP) is 3.60. The van der Waals surface area contributed by atoms with Gasteiger partial charge in [-0.3, -0.25) is 0 Å². The highest BCUT2D eigenvalue weighted by Gasteiger charge is 2.05. The van der Waals surface area contributed by atoms with Crippen LogP contribution in [-0.4, -0.2) is 19.7 Å². The minimum Gasteiger partial charge on any atom is -0.492 e. The highest BCUT2D eigenvalue weighted by atomic mass is 19.1. The Kier molecular flexibility index (Phi) is 5.16. The summed E-state index contributed by atoms with van der Waals surface area (Å²) in [6, 6.07) is 15.6. The van der Waals surface area contributed by atoms with Crippen LogP contribution >= 0.6 is 0 Å². The van der Waals surface area contributed by atoms with Crippen molar-refractivity contribution in [2.75, 3.05) is 24.6 Å². The Balaban J connectivity index is 1.93. The summed E-state index contributed by atoms with van der Waals surface area (Å²) in [5, 5.41) is 8.84. The molecule has 0 aliphatic rings. The summed E-state index contributed by atoms with van der Waals surface area (Å²) in [6.07, 6.45) is 0. The Morgan fingerprint density at radius 2 is 2.00 bits per heavy atom. The molecule has 0 amide bonds. The number of nitrogens with zero attached hydrogens (tertiary/aromatic N) is 2. The van der Waals surface area contributed by atoms with Crippen molar-refractivity contribution in [1.82, 2.24) is 0 Å². The minimum absolute atomic E-state index is 0.242. The normalized spacial score (nSPS) is 9.95. The molecule has 0 fully saturated rings. The number of likely N-dealkylation sites (N-methyl/N-ethyl adjacent to an activating group) is 1. The lowest BCUT2D eigenvalue weighted by Crippen LogP contribution is -2.28. The molecule has 0 aliphatic heterocycles. The number of halogens is 1. The summed E-state index contributed by atoms with van der Waals surface area (Å²) in [7, 11) is 0. The SMILES string of the molecule is CCN(CCOc1cccc(C#N)c1)c1cccc(F)c1. The molecule has 0 saturated heterocycles. The molecule has 108 valence electrons. The highest BCUT2D eigenvalue weighted by Crippen LogP contribution is 2.16. The van der Waals surface area contributed by atoms with Crippen LogP contribution in [0.25, 0.3) is 0 Å². The first-order chi connectivity index (χ1) is 10.2. The molecule has 2 aromatic rings. The standard InChI is InChI=1S/C17H17FN2O/c1-2-20(16-7-4-6-15(18)12-16)9-10-21-17-8-3-5-14(11-17)13-19/h3-8,11-12H,2,9-10H2,1H3. The molecule has 0 aromatic heterocycles. The summed E-state index contributed by atoms with van der Waals surface area (Å²) in [5.41, 5.74) is 1.41. The first kappa shape index (κ1) is 14.9. The fourth-order valence-corrected chi connectivity index (χ4v) is 2.07. The largest absolute Gasteiger partial charge is 0.492 e. The van der Waals surface area contributed by atoms with E-state index < -0.39 is 0 Å². The van der Waals surface area contributed by atoms with Gasteiger partial charge in [-0.25, -0.2) is 4.39 Å². The molecule has 0 radical (unpaired) electrons. The number of benzene rings is 2. The Labute approximate surface area is 124 Å². The topological polar surface area (TPSA) is 36.3 Å². The smallest absolute Gasteiger partial charge is 0.125 e. The van der Waals surface area contributed by atoms with E-state index in [-0.39, 0.29) is 5.82 Å². The number of hydrogen-bond acceptors (Lipinski definition) is 3. The third-order valence-electron chi connectivity index (χ3n) is 3.15. The van der Waals surface area contributed by atoms with Gasteiger partial charge in [0.05, 0.1) is 18.2 Å². The lowest BCUT2D eigenvalue weighted by atomic mass is 10.2. The molecule has 2 rings (SSSR count). The Morgan fingerprint density at radius 3 is 2.71 bits per heavy atom. The second-order valence-electron chi connectivity index (χ2n) is 4.55. The second-order valence-corrected chi connectivity index (χ2v) is 4.55. The molecule has 0 atom stereocenters. The Hall–Kier alpha value is -2.54. The highest BCUT2D eigenvalue weighted by molar-refractivity contribution is 5.46. The first-order valence-electron chi connectivity index (χ1n) is 6.86. The zero-order valence-corrected chi connectivity index (χ0v) is 11.9. The molecular weight excluding hydrogens is 267 g/mol. The van der Waals surface area contributed by atoms with Gasteiger partial charge in [-0.05, 0) is 43.3 Å². The van der Waals surface area contributed by atoms with E-state index >= 15 is 0 Å². The van der Waals surface area contributed by atoms with E-state index in [1.165, 1.54) is 12.1 Å². The van der Waals surface area contributed by atoms with Crippen LogP contribution in [0.1, 0.15) is 12.5 Å². The molecular formula is C17H17FN2O. The van der Waals surface area contributed by atoms with E-state index in [1.54, 1.807) is 24.3 Å². The van der Waals surface area contributed by atoms with Crippen molar-refractivity contribution < 1.29 is 9.13 Å². The Morgan fingerprint density at radius 1 is 1.19 bits per heavy atom. The molecule has 0 unspecified atom stereocenters. The third-order valence-corrected chi connectivity index (χ3v) is 3.15. The van der Waals surface area contributed by atoms with Crippen molar-refractivity contribution in [3.8, 4) is 11.8 Å². The summed E-state index contributed by atoms with van der Waals surface area (Å²) < 4.78 is 18.9. The maximum Gasteiger partial charge on any atom is 0.125 e. The van der Waals surface area contributed by atoms with E-state index in [9.17, 15) is 4.39 Å². The van der Waals surface area contributed by atoms with Crippen LogP contribution in [0.2, 0.25) is 0 Å². The van der Waals surface area contributed by atoms with Crippen LogP contribution in [0.15, 0.2) is 48.5 Å². The quantitative estimate of drug-likeness (QED) is 0.813. The average molecular weight is 284 g/mol. The number of anilines is 1. The van der Waals surface area contributed by atoms with Gasteiger partial charge in [0.1, 0.15) is 18.2 Å². The lowest BCUT2D eigenvalue weighted by molar-refractivity contribution is 0.324. The maximum absolute atomic E-state index is 13.2. The summed E-state index contributed by atoms with van der Waals surface area (Å²) in [6.45, 7) is 3.90. The van der Waals surface area contributed by atoms with Crippen LogP contribution < -0.4 is 9.64 Å². The molecule has 0 spiro atoms. The van der Waals surface area contributed by atoms with Gasteiger partial charge in [-0.2, -0.15) is 5.26 Å². The molecule has 0 N–H and O–H groups in total.